The fourth-order valence-electron chi connectivity index (χ4n) is 2.71. The fraction of sp³-hybridized carbons (Fsp3) is 0.421. The lowest BCUT2D eigenvalue weighted by Crippen LogP contribution is -2.42. The van der Waals surface area contributed by atoms with Crippen LogP contribution in [0, 0.1) is 13.8 Å². The van der Waals surface area contributed by atoms with Crippen LogP contribution in [0.3, 0.4) is 0 Å². The van der Waals surface area contributed by atoms with Gasteiger partial charge in [0.15, 0.2) is 0 Å². The number of nitrogens with zero attached hydrogens (tertiary/aromatic N) is 3. The molecule has 26 heavy (non-hydrogen) atoms. The summed E-state index contributed by atoms with van der Waals surface area (Å²) in [7, 11) is 0. The van der Waals surface area contributed by atoms with Crippen LogP contribution < -0.4 is 5.32 Å². The van der Waals surface area contributed by atoms with Gasteiger partial charge in [-0.3, -0.25) is 0 Å². The van der Waals surface area contributed by atoms with Gasteiger partial charge in [0.05, 0.1) is 12.6 Å². The SMILES string of the molecule is CCN(CC(O)c1cccc(O)c1)C(=O)NCCc1nc(C)cc(C)n1. The number of aromatic hydroxyl groups is 1. The van der Waals surface area contributed by atoms with Gasteiger partial charge in [0.2, 0.25) is 0 Å². The predicted octanol–water partition coefficient (Wildman–Crippen LogP) is 2.11. The molecule has 7 heteroatoms. The molecule has 3 N–H and O–H groups in total. The number of phenols is 1. The third-order valence-electron chi connectivity index (χ3n) is 3.97. The molecule has 1 aromatic carbocycles. The second kappa shape index (κ2) is 9.15. The largest absolute Gasteiger partial charge is 0.508 e. The lowest BCUT2D eigenvalue weighted by atomic mass is 10.1. The fourth-order valence-corrected chi connectivity index (χ4v) is 2.71. The summed E-state index contributed by atoms with van der Waals surface area (Å²) in [6, 6.07) is 8.06. The van der Waals surface area contributed by atoms with E-state index in [-0.39, 0.29) is 18.3 Å². The lowest BCUT2D eigenvalue weighted by molar-refractivity contribution is 0.123. The van der Waals surface area contributed by atoms with E-state index in [0.29, 0.717) is 30.9 Å². The van der Waals surface area contributed by atoms with Crippen molar-refractivity contribution in [3.05, 3.63) is 53.1 Å². The van der Waals surface area contributed by atoms with E-state index in [0.717, 1.165) is 11.4 Å². The van der Waals surface area contributed by atoms with Crippen LogP contribution in [0.25, 0.3) is 0 Å². The average molecular weight is 358 g/mol. The summed E-state index contributed by atoms with van der Waals surface area (Å²) in [4.78, 5) is 22.6. The highest BCUT2D eigenvalue weighted by Crippen LogP contribution is 2.19. The van der Waals surface area contributed by atoms with Crippen molar-refractivity contribution in [2.24, 2.45) is 0 Å². The Labute approximate surface area is 153 Å². The molecule has 0 saturated heterocycles. The zero-order chi connectivity index (χ0) is 19.1. The minimum atomic E-state index is -0.865. The van der Waals surface area contributed by atoms with Crippen molar-refractivity contribution in [3.63, 3.8) is 0 Å². The van der Waals surface area contributed by atoms with E-state index < -0.39 is 6.10 Å². The lowest BCUT2D eigenvalue weighted by Gasteiger charge is -2.24. The second-order valence-corrected chi connectivity index (χ2v) is 6.20. The average Bonchev–Trinajstić information content (AvgIpc) is 2.58. The smallest absolute Gasteiger partial charge is 0.317 e. The van der Waals surface area contributed by atoms with Crippen LogP contribution in [-0.2, 0) is 6.42 Å². The minimum absolute atomic E-state index is 0.0856. The molecule has 2 rings (SSSR count). The first kappa shape index (κ1) is 19.7. The number of aliphatic hydroxyl groups is 1. The molecule has 7 nitrogen and oxygen atoms in total. The molecule has 1 unspecified atom stereocenters. The predicted molar refractivity (Wildman–Crippen MR) is 98.9 cm³/mol. The number of amides is 2. The molecule has 0 saturated carbocycles. The van der Waals surface area contributed by atoms with Gasteiger partial charge in [-0.05, 0) is 44.5 Å². The van der Waals surface area contributed by atoms with Gasteiger partial charge < -0.3 is 20.4 Å². The maximum atomic E-state index is 12.3. The van der Waals surface area contributed by atoms with E-state index in [4.69, 9.17) is 0 Å². The van der Waals surface area contributed by atoms with Crippen molar-refractivity contribution >= 4 is 6.03 Å². The molecule has 0 bridgehead atoms. The first-order valence-electron chi connectivity index (χ1n) is 8.70. The summed E-state index contributed by atoms with van der Waals surface area (Å²) in [6.07, 6.45) is -0.323. The van der Waals surface area contributed by atoms with E-state index >= 15 is 0 Å². The van der Waals surface area contributed by atoms with Gasteiger partial charge in [0, 0.05) is 30.9 Å². The molecule has 2 amide bonds. The van der Waals surface area contributed by atoms with Crippen LogP contribution in [0.15, 0.2) is 30.3 Å². The number of likely N-dealkylation sites (N-methyl/N-ethyl adjacent to an activating group) is 1. The number of carbonyl (C=O) groups is 1. The number of nitrogens with one attached hydrogen (secondary N) is 1. The van der Waals surface area contributed by atoms with Crippen LogP contribution >= 0.6 is 0 Å². The number of aliphatic hydroxyl groups excluding tert-OH is 1. The number of hydrogen-bond acceptors (Lipinski definition) is 5. The molecular weight excluding hydrogens is 332 g/mol. The molecular formula is C19H26N4O3. The van der Waals surface area contributed by atoms with Gasteiger partial charge in [-0.1, -0.05) is 12.1 Å². The highest BCUT2D eigenvalue weighted by Gasteiger charge is 2.17. The molecule has 0 radical (unpaired) electrons. The standard InChI is InChI=1S/C19H26N4O3/c1-4-23(12-17(25)15-6-5-7-16(24)11-15)19(26)20-9-8-18-21-13(2)10-14(3)22-18/h5-7,10-11,17,24-25H,4,8-9,12H2,1-3H3,(H,20,26). The number of aromatic nitrogens is 2. The zero-order valence-electron chi connectivity index (χ0n) is 15.4. The third-order valence-corrected chi connectivity index (χ3v) is 3.97. The quantitative estimate of drug-likeness (QED) is 0.704. The van der Waals surface area contributed by atoms with E-state index in [9.17, 15) is 15.0 Å². The van der Waals surface area contributed by atoms with Crippen LogP contribution in [0.5, 0.6) is 5.75 Å². The number of phenolic OH excluding ortho intramolecular Hbond substituents is 1. The molecule has 1 heterocycles. The Bertz CT molecular complexity index is 731. The molecule has 0 aliphatic heterocycles. The van der Waals surface area contributed by atoms with Gasteiger partial charge in [0.1, 0.15) is 11.6 Å². The molecule has 140 valence electrons. The summed E-state index contributed by atoms with van der Waals surface area (Å²) in [5.41, 5.74) is 2.38. The summed E-state index contributed by atoms with van der Waals surface area (Å²) < 4.78 is 0. The number of carbonyl (C=O) groups excluding carboxylic acids is 1. The Morgan fingerprint density at radius 3 is 2.54 bits per heavy atom. The van der Waals surface area contributed by atoms with Gasteiger partial charge in [-0.2, -0.15) is 0 Å². The van der Waals surface area contributed by atoms with Crippen molar-refractivity contribution in [1.82, 2.24) is 20.2 Å². The summed E-state index contributed by atoms with van der Waals surface area (Å²) >= 11 is 0. The van der Waals surface area contributed by atoms with Crippen molar-refractivity contribution in [3.8, 4) is 5.75 Å². The van der Waals surface area contributed by atoms with E-state index in [1.54, 1.807) is 12.1 Å². The molecule has 0 aliphatic carbocycles. The first-order valence-corrected chi connectivity index (χ1v) is 8.70. The Balaban J connectivity index is 1.87. The monoisotopic (exact) mass is 358 g/mol. The van der Waals surface area contributed by atoms with Crippen molar-refractivity contribution in [2.75, 3.05) is 19.6 Å². The van der Waals surface area contributed by atoms with E-state index in [1.807, 2.05) is 26.8 Å². The maximum absolute atomic E-state index is 12.3. The summed E-state index contributed by atoms with van der Waals surface area (Å²) in [6.45, 7) is 6.70. The molecule has 0 spiro atoms. The highest BCUT2D eigenvalue weighted by atomic mass is 16.3. The minimum Gasteiger partial charge on any atom is -0.508 e. The summed E-state index contributed by atoms with van der Waals surface area (Å²) in [5, 5.41) is 22.7. The van der Waals surface area contributed by atoms with Crippen molar-refractivity contribution in [2.45, 2.75) is 33.3 Å². The van der Waals surface area contributed by atoms with Gasteiger partial charge in [-0.15, -0.1) is 0 Å². The van der Waals surface area contributed by atoms with Crippen molar-refractivity contribution in [1.29, 1.82) is 0 Å². The van der Waals surface area contributed by atoms with Crippen molar-refractivity contribution < 1.29 is 15.0 Å². The van der Waals surface area contributed by atoms with E-state index in [1.165, 1.54) is 17.0 Å². The highest BCUT2D eigenvalue weighted by molar-refractivity contribution is 5.74. The number of aryl methyl sites for hydroxylation is 2. The number of hydrogen-bond donors (Lipinski definition) is 3. The van der Waals surface area contributed by atoms with Crippen LogP contribution in [0.2, 0.25) is 0 Å². The maximum Gasteiger partial charge on any atom is 0.317 e. The first-order chi connectivity index (χ1) is 12.4. The Morgan fingerprint density at radius 1 is 1.23 bits per heavy atom. The molecule has 0 fully saturated rings. The molecule has 1 atom stereocenters. The van der Waals surface area contributed by atoms with E-state index in [2.05, 4.69) is 15.3 Å². The molecule has 0 aliphatic rings. The Morgan fingerprint density at radius 2 is 1.92 bits per heavy atom. The third kappa shape index (κ3) is 5.70. The topological polar surface area (TPSA) is 98.6 Å². The van der Waals surface area contributed by atoms with Gasteiger partial charge in [-0.25, -0.2) is 14.8 Å². The molecule has 1 aromatic heterocycles. The van der Waals surface area contributed by atoms with Crippen LogP contribution in [-0.4, -0.2) is 50.7 Å². The van der Waals surface area contributed by atoms with Crippen LogP contribution in [0.4, 0.5) is 4.79 Å². The van der Waals surface area contributed by atoms with Gasteiger partial charge in [0.25, 0.3) is 0 Å². The number of urea groups is 1. The number of rotatable bonds is 7. The zero-order valence-corrected chi connectivity index (χ0v) is 15.4. The summed E-state index contributed by atoms with van der Waals surface area (Å²) in [5.74, 6) is 0.785. The van der Waals surface area contributed by atoms with Gasteiger partial charge >= 0.3 is 6.03 Å². The Hall–Kier alpha value is -2.67. The second-order valence-electron chi connectivity index (χ2n) is 6.20. The van der Waals surface area contributed by atoms with Crippen LogP contribution in [0.1, 0.15) is 35.8 Å². The number of benzene rings is 1. The molecule has 2 aromatic rings. The Kier molecular flexibility index (Phi) is 6.91. The normalized spacial score (nSPS) is 11.8.